The number of rotatable bonds is 8. The van der Waals surface area contributed by atoms with Crippen LogP contribution in [0.15, 0.2) is 18.2 Å². The van der Waals surface area contributed by atoms with Gasteiger partial charge >= 0.3 is 5.97 Å². The number of halogens is 2. The van der Waals surface area contributed by atoms with Gasteiger partial charge in [-0.1, -0.05) is 30.1 Å². The molecule has 26 heavy (non-hydrogen) atoms. The summed E-state index contributed by atoms with van der Waals surface area (Å²) in [6.07, 6.45) is 1.93. The Hall–Kier alpha value is -1.50. The molecule has 8 heteroatoms. The van der Waals surface area contributed by atoms with Crippen LogP contribution in [0.4, 0.5) is 0 Å². The number of carbonyl (C=O) groups is 2. The van der Waals surface area contributed by atoms with E-state index in [1.807, 2.05) is 6.07 Å². The van der Waals surface area contributed by atoms with Gasteiger partial charge < -0.3 is 20.1 Å². The first-order chi connectivity index (χ1) is 12.3. The van der Waals surface area contributed by atoms with Crippen LogP contribution in [0.2, 0.25) is 10.0 Å². The third-order valence-corrected chi connectivity index (χ3v) is 5.13. The summed E-state index contributed by atoms with van der Waals surface area (Å²) in [6, 6.07) is 5.26. The van der Waals surface area contributed by atoms with Crippen molar-refractivity contribution in [1.29, 1.82) is 0 Å². The SMILES string of the molecule is CC(CC(=O)NCCN1CCC(Oc2ccc(Cl)c(Cl)c2)CC1)C(=O)O. The molecule has 1 atom stereocenters. The minimum Gasteiger partial charge on any atom is -0.490 e. The highest BCUT2D eigenvalue weighted by atomic mass is 35.5. The Balaban J connectivity index is 1.64. The van der Waals surface area contributed by atoms with Crippen LogP contribution in [-0.4, -0.2) is 54.2 Å². The van der Waals surface area contributed by atoms with E-state index < -0.39 is 11.9 Å². The van der Waals surface area contributed by atoms with Crippen LogP contribution in [0.3, 0.4) is 0 Å². The normalized spacial score (nSPS) is 16.9. The van der Waals surface area contributed by atoms with Gasteiger partial charge in [0, 0.05) is 38.7 Å². The largest absolute Gasteiger partial charge is 0.490 e. The van der Waals surface area contributed by atoms with E-state index in [1.54, 1.807) is 12.1 Å². The number of carboxylic acid groups (broad SMARTS) is 1. The summed E-state index contributed by atoms with van der Waals surface area (Å²) < 4.78 is 5.95. The quantitative estimate of drug-likeness (QED) is 0.698. The summed E-state index contributed by atoms with van der Waals surface area (Å²) in [5.41, 5.74) is 0. The highest BCUT2D eigenvalue weighted by Crippen LogP contribution is 2.28. The first-order valence-electron chi connectivity index (χ1n) is 8.68. The van der Waals surface area contributed by atoms with Crippen molar-refractivity contribution < 1.29 is 19.4 Å². The lowest BCUT2D eigenvalue weighted by Crippen LogP contribution is -2.42. The van der Waals surface area contributed by atoms with E-state index in [0.717, 1.165) is 38.2 Å². The molecule has 0 saturated carbocycles. The van der Waals surface area contributed by atoms with Gasteiger partial charge in [-0.3, -0.25) is 9.59 Å². The monoisotopic (exact) mass is 402 g/mol. The molecule has 144 valence electrons. The van der Waals surface area contributed by atoms with Crippen LogP contribution in [-0.2, 0) is 9.59 Å². The molecule has 1 heterocycles. The zero-order valence-corrected chi connectivity index (χ0v) is 16.2. The first kappa shape index (κ1) is 20.8. The number of benzene rings is 1. The summed E-state index contributed by atoms with van der Waals surface area (Å²) in [7, 11) is 0. The molecule has 1 aliphatic rings. The zero-order valence-electron chi connectivity index (χ0n) is 14.7. The van der Waals surface area contributed by atoms with E-state index in [0.29, 0.717) is 16.6 Å². The van der Waals surface area contributed by atoms with Crippen LogP contribution in [0, 0.1) is 5.92 Å². The second kappa shape index (κ2) is 10.00. The van der Waals surface area contributed by atoms with Gasteiger partial charge in [-0.05, 0) is 25.0 Å². The highest BCUT2D eigenvalue weighted by molar-refractivity contribution is 6.42. The van der Waals surface area contributed by atoms with Crippen molar-refractivity contribution in [3.8, 4) is 5.75 Å². The van der Waals surface area contributed by atoms with Gasteiger partial charge in [0.2, 0.25) is 5.91 Å². The topological polar surface area (TPSA) is 78.9 Å². The van der Waals surface area contributed by atoms with Crippen molar-refractivity contribution in [3.05, 3.63) is 28.2 Å². The number of aliphatic carboxylic acids is 1. The van der Waals surface area contributed by atoms with E-state index in [-0.39, 0.29) is 18.4 Å². The minimum absolute atomic E-state index is 0.00883. The second-order valence-electron chi connectivity index (χ2n) is 6.53. The van der Waals surface area contributed by atoms with E-state index in [4.69, 9.17) is 33.0 Å². The van der Waals surface area contributed by atoms with Crippen LogP contribution in [0.5, 0.6) is 5.75 Å². The number of amides is 1. The molecule has 1 aromatic rings. The van der Waals surface area contributed by atoms with Gasteiger partial charge in [0.15, 0.2) is 0 Å². The van der Waals surface area contributed by atoms with Crippen LogP contribution < -0.4 is 10.1 Å². The maximum Gasteiger partial charge on any atom is 0.306 e. The third-order valence-electron chi connectivity index (χ3n) is 4.39. The van der Waals surface area contributed by atoms with E-state index in [1.165, 1.54) is 6.92 Å². The lowest BCUT2D eigenvalue weighted by molar-refractivity contribution is -0.143. The summed E-state index contributed by atoms with van der Waals surface area (Å²) in [5.74, 6) is -1.12. The van der Waals surface area contributed by atoms with Crippen LogP contribution >= 0.6 is 23.2 Å². The Morgan fingerprint density at radius 1 is 1.31 bits per heavy atom. The number of carboxylic acids is 1. The molecule has 0 radical (unpaired) electrons. The second-order valence-corrected chi connectivity index (χ2v) is 7.34. The van der Waals surface area contributed by atoms with Crippen molar-refractivity contribution in [2.24, 2.45) is 5.92 Å². The molecule has 1 aliphatic heterocycles. The molecule has 0 aliphatic carbocycles. The lowest BCUT2D eigenvalue weighted by Gasteiger charge is -2.32. The van der Waals surface area contributed by atoms with Gasteiger partial charge in [0.1, 0.15) is 11.9 Å². The smallest absolute Gasteiger partial charge is 0.306 e. The summed E-state index contributed by atoms with van der Waals surface area (Å²) >= 11 is 11.9. The molecule has 1 fully saturated rings. The molecular weight excluding hydrogens is 379 g/mol. The fraction of sp³-hybridized carbons (Fsp3) is 0.556. The fourth-order valence-electron chi connectivity index (χ4n) is 2.78. The average molecular weight is 403 g/mol. The predicted molar refractivity (Wildman–Crippen MR) is 101 cm³/mol. The molecule has 0 spiro atoms. The number of nitrogens with zero attached hydrogens (tertiary/aromatic N) is 1. The standard InChI is InChI=1S/C18H24Cl2N2O4/c1-12(18(24)25)10-17(23)21-6-9-22-7-4-13(5-8-22)26-14-2-3-15(19)16(20)11-14/h2-3,11-13H,4-10H2,1H3,(H,21,23)(H,24,25). The van der Waals surface area contributed by atoms with E-state index in [2.05, 4.69) is 10.2 Å². The number of piperidine rings is 1. The Morgan fingerprint density at radius 3 is 2.62 bits per heavy atom. The van der Waals surface area contributed by atoms with Crippen molar-refractivity contribution in [2.45, 2.75) is 32.3 Å². The van der Waals surface area contributed by atoms with Gasteiger partial charge in [-0.2, -0.15) is 0 Å². The Kier molecular flexibility index (Phi) is 8.00. The molecule has 0 bridgehead atoms. The van der Waals surface area contributed by atoms with Gasteiger partial charge in [-0.25, -0.2) is 0 Å². The van der Waals surface area contributed by atoms with Crippen LogP contribution in [0.1, 0.15) is 26.2 Å². The van der Waals surface area contributed by atoms with Gasteiger partial charge in [-0.15, -0.1) is 0 Å². The van der Waals surface area contributed by atoms with E-state index >= 15 is 0 Å². The molecule has 2 rings (SSSR count). The summed E-state index contributed by atoms with van der Waals surface area (Å²) in [4.78, 5) is 24.7. The van der Waals surface area contributed by atoms with Crippen LogP contribution in [0.25, 0.3) is 0 Å². The molecule has 0 aromatic heterocycles. The van der Waals surface area contributed by atoms with E-state index in [9.17, 15) is 9.59 Å². The van der Waals surface area contributed by atoms with Crippen molar-refractivity contribution in [3.63, 3.8) is 0 Å². The minimum atomic E-state index is -0.954. The van der Waals surface area contributed by atoms with Gasteiger partial charge in [0.25, 0.3) is 0 Å². The number of ether oxygens (including phenoxy) is 1. The first-order valence-corrected chi connectivity index (χ1v) is 9.44. The number of hydrogen-bond acceptors (Lipinski definition) is 4. The average Bonchev–Trinajstić information content (AvgIpc) is 2.59. The number of hydrogen-bond donors (Lipinski definition) is 2. The molecular formula is C18H24Cl2N2O4. The maximum atomic E-state index is 11.7. The molecule has 2 N–H and O–H groups in total. The highest BCUT2D eigenvalue weighted by Gasteiger charge is 2.21. The molecule has 6 nitrogen and oxygen atoms in total. The Labute approximate surface area is 163 Å². The summed E-state index contributed by atoms with van der Waals surface area (Å²) in [5, 5.41) is 12.6. The van der Waals surface area contributed by atoms with Gasteiger partial charge in [0.05, 0.1) is 16.0 Å². The fourth-order valence-corrected chi connectivity index (χ4v) is 3.07. The van der Waals surface area contributed by atoms with Crippen molar-refractivity contribution in [1.82, 2.24) is 10.2 Å². The van der Waals surface area contributed by atoms with Crippen molar-refractivity contribution >= 4 is 35.1 Å². The Morgan fingerprint density at radius 2 is 2.00 bits per heavy atom. The number of likely N-dealkylation sites (tertiary alicyclic amines) is 1. The predicted octanol–water partition coefficient (Wildman–Crippen LogP) is 3.06. The summed E-state index contributed by atoms with van der Waals surface area (Å²) in [6.45, 7) is 4.55. The Bertz CT molecular complexity index is 634. The third kappa shape index (κ3) is 6.67. The number of carbonyl (C=O) groups excluding carboxylic acids is 1. The number of nitrogens with one attached hydrogen (secondary N) is 1. The molecule has 1 aromatic carbocycles. The molecule has 1 saturated heterocycles. The molecule has 1 amide bonds. The zero-order chi connectivity index (χ0) is 19.1. The lowest BCUT2D eigenvalue weighted by atomic mass is 10.1. The molecule has 1 unspecified atom stereocenters. The van der Waals surface area contributed by atoms with Crippen molar-refractivity contribution in [2.75, 3.05) is 26.2 Å². The maximum absolute atomic E-state index is 11.7.